The Morgan fingerprint density at radius 3 is 2.47 bits per heavy atom. The molecule has 1 aromatic heterocycles. The number of hydrogen-bond acceptors (Lipinski definition) is 6. The number of aromatic nitrogens is 2. The van der Waals surface area contributed by atoms with E-state index >= 15 is 0 Å². The Bertz CT molecular complexity index is 426. The highest BCUT2D eigenvalue weighted by atomic mass is 16.5. The van der Waals surface area contributed by atoms with E-state index in [4.69, 9.17) is 9.47 Å². The zero-order chi connectivity index (χ0) is 13.7. The van der Waals surface area contributed by atoms with Crippen LogP contribution in [0.15, 0.2) is 6.07 Å². The third-order valence-corrected chi connectivity index (χ3v) is 2.71. The third-order valence-electron chi connectivity index (χ3n) is 2.71. The van der Waals surface area contributed by atoms with Crippen LogP contribution >= 0.6 is 0 Å². The van der Waals surface area contributed by atoms with Crippen LogP contribution in [0.4, 0.5) is 5.95 Å². The van der Waals surface area contributed by atoms with E-state index in [1.807, 2.05) is 0 Å². The quantitative estimate of drug-likeness (QED) is 0.750. The average molecular weight is 266 g/mol. The number of nitrogens with zero attached hydrogens (tertiary/aromatic N) is 2. The summed E-state index contributed by atoms with van der Waals surface area (Å²) in [6.45, 7) is 0.664. The van der Waals surface area contributed by atoms with Gasteiger partial charge in [-0.3, -0.25) is 10.1 Å². The molecule has 0 aliphatic heterocycles. The first kappa shape index (κ1) is 13.5. The van der Waals surface area contributed by atoms with Crippen LogP contribution in [0.2, 0.25) is 0 Å². The fourth-order valence-electron chi connectivity index (χ4n) is 1.53. The second-order valence-electron chi connectivity index (χ2n) is 4.30. The maximum Gasteiger partial charge on any atom is 0.236 e. The fraction of sp³-hybridized carbons (Fsp3) is 0.583. The van der Waals surface area contributed by atoms with Crippen molar-refractivity contribution in [1.29, 1.82) is 0 Å². The molecular formula is C12H18N4O3. The lowest BCUT2D eigenvalue weighted by molar-refractivity contribution is -0.116. The number of amides is 1. The molecule has 1 amide bonds. The van der Waals surface area contributed by atoms with Crippen LogP contribution in [0.5, 0.6) is 11.8 Å². The van der Waals surface area contributed by atoms with Crippen LogP contribution in [-0.4, -0.2) is 42.7 Å². The minimum Gasteiger partial charge on any atom is -0.481 e. The predicted octanol–water partition coefficient (Wildman–Crippen LogP) is 0.574. The van der Waals surface area contributed by atoms with Gasteiger partial charge in [0.2, 0.25) is 23.6 Å². The molecule has 2 rings (SSSR count). The normalized spacial score (nSPS) is 14.0. The summed E-state index contributed by atoms with van der Waals surface area (Å²) in [5.74, 6) is 0.743. The van der Waals surface area contributed by atoms with Gasteiger partial charge in [-0.2, -0.15) is 9.97 Å². The highest BCUT2D eigenvalue weighted by Crippen LogP contribution is 2.19. The van der Waals surface area contributed by atoms with E-state index in [0.717, 1.165) is 0 Å². The standard InChI is InChI=1S/C12H18N4O3/c1-18-10-7-11(19-2)16-12(15-10)14-9(17)5-6-13-8-3-4-8/h7-8,13H,3-6H2,1-2H3,(H,14,15,16,17). The van der Waals surface area contributed by atoms with Crippen LogP contribution in [0.25, 0.3) is 0 Å². The van der Waals surface area contributed by atoms with Gasteiger partial charge < -0.3 is 14.8 Å². The van der Waals surface area contributed by atoms with Crippen molar-refractivity contribution >= 4 is 11.9 Å². The van der Waals surface area contributed by atoms with Crippen molar-refractivity contribution in [2.75, 3.05) is 26.1 Å². The summed E-state index contributed by atoms with van der Waals surface area (Å²) < 4.78 is 10.0. The number of carbonyl (C=O) groups excluding carboxylic acids is 1. The van der Waals surface area contributed by atoms with E-state index in [-0.39, 0.29) is 11.9 Å². The lowest BCUT2D eigenvalue weighted by Crippen LogP contribution is -2.23. The Kier molecular flexibility index (Phi) is 4.51. The van der Waals surface area contributed by atoms with Crippen molar-refractivity contribution in [2.24, 2.45) is 0 Å². The van der Waals surface area contributed by atoms with Crippen molar-refractivity contribution in [3.05, 3.63) is 6.07 Å². The highest BCUT2D eigenvalue weighted by Gasteiger charge is 2.20. The molecule has 0 bridgehead atoms. The molecule has 0 atom stereocenters. The summed E-state index contributed by atoms with van der Waals surface area (Å²) in [6.07, 6.45) is 2.80. The van der Waals surface area contributed by atoms with Crippen molar-refractivity contribution in [2.45, 2.75) is 25.3 Å². The van der Waals surface area contributed by atoms with E-state index in [0.29, 0.717) is 30.8 Å². The van der Waals surface area contributed by atoms with Gasteiger partial charge in [0.1, 0.15) is 0 Å². The van der Waals surface area contributed by atoms with Gasteiger partial charge in [0.15, 0.2) is 0 Å². The second-order valence-corrected chi connectivity index (χ2v) is 4.30. The van der Waals surface area contributed by atoms with Gasteiger partial charge in [0, 0.05) is 19.0 Å². The topological polar surface area (TPSA) is 85.4 Å². The summed E-state index contributed by atoms with van der Waals surface area (Å²) in [4.78, 5) is 19.8. The van der Waals surface area contributed by atoms with E-state index in [1.54, 1.807) is 6.07 Å². The number of methoxy groups -OCH3 is 2. The van der Waals surface area contributed by atoms with Crippen molar-refractivity contribution < 1.29 is 14.3 Å². The minimum atomic E-state index is -0.136. The number of nitrogens with one attached hydrogen (secondary N) is 2. The lowest BCUT2D eigenvalue weighted by Gasteiger charge is -2.07. The highest BCUT2D eigenvalue weighted by molar-refractivity contribution is 5.89. The molecule has 0 spiro atoms. The molecule has 1 heterocycles. The number of ether oxygens (including phenoxy) is 2. The van der Waals surface area contributed by atoms with Gasteiger partial charge >= 0.3 is 0 Å². The summed E-state index contributed by atoms with van der Waals surface area (Å²) in [5, 5.41) is 5.89. The van der Waals surface area contributed by atoms with Gasteiger partial charge in [-0.25, -0.2) is 0 Å². The van der Waals surface area contributed by atoms with Gasteiger partial charge in [-0.15, -0.1) is 0 Å². The van der Waals surface area contributed by atoms with E-state index in [1.165, 1.54) is 27.1 Å². The minimum absolute atomic E-state index is 0.136. The maximum absolute atomic E-state index is 11.7. The Morgan fingerprint density at radius 2 is 1.95 bits per heavy atom. The first-order valence-corrected chi connectivity index (χ1v) is 6.21. The third kappa shape index (κ3) is 4.36. The summed E-state index contributed by atoms with van der Waals surface area (Å²) in [5.41, 5.74) is 0. The zero-order valence-electron chi connectivity index (χ0n) is 11.1. The maximum atomic E-state index is 11.7. The van der Waals surface area contributed by atoms with Crippen LogP contribution in [0.3, 0.4) is 0 Å². The molecule has 7 nitrogen and oxygen atoms in total. The number of hydrogen-bond donors (Lipinski definition) is 2. The van der Waals surface area contributed by atoms with Crippen LogP contribution < -0.4 is 20.1 Å². The van der Waals surface area contributed by atoms with Gasteiger partial charge in [-0.05, 0) is 12.8 Å². The fourth-order valence-corrected chi connectivity index (χ4v) is 1.53. The second kappa shape index (κ2) is 6.33. The summed E-state index contributed by atoms with van der Waals surface area (Å²) in [6, 6.07) is 2.14. The average Bonchev–Trinajstić information content (AvgIpc) is 3.22. The molecule has 7 heteroatoms. The molecule has 0 radical (unpaired) electrons. The number of anilines is 1. The monoisotopic (exact) mass is 266 g/mol. The SMILES string of the molecule is COc1cc(OC)nc(NC(=O)CCNC2CC2)n1. The molecule has 1 saturated carbocycles. The molecule has 1 aliphatic carbocycles. The van der Waals surface area contributed by atoms with Crippen LogP contribution in [-0.2, 0) is 4.79 Å². The molecule has 1 fully saturated rings. The van der Waals surface area contributed by atoms with Crippen molar-refractivity contribution in [3.8, 4) is 11.8 Å². The van der Waals surface area contributed by atoms with E-state index in [2.05, 4.69) is 20.6 Å². The van der Waals surface area contributed by atoms with E-state index in [9.17, 15) is 4.79 Å². The first-order valence-electron chi connectivity index (χ1n) is 6.21. The van der Waals surface area contributed by atoms with Gasteiger partial charge in [0.25, 0.3) is 0 Å². The Balaban J connectivity index is 1.87. The summed E-state index contributed by atoms with van der Waals surface area (Å²) >= 11 is 0. The van der Waals surface area contributed by atoms with Gasteiger partial charge in [-0.1, -0.05) is 0 Å². The van der Waals surface area contributed by atoms with Crippen LogP contribution in [0.1, 0.15) is 19.3 Å². The van der Waals surface area contributed by atoms with Gasteiger partial charge in [0.05, 0.1) is 20.3 Å². The zero-order valence-corrected chi connectivity index (χ0v) is 11.1. The molecule has 1 aliphatic rings. The Labute approximate surface area is 111 Å². The predicted molar refractivity (Wildman–Crippen MR) is 69.4 cm³/mol. The molecule has 2 N–H and O–H groups in total. The Morgan fingerprint density at radius 1 is 1.32 bits per heavy atom. The van der Waals surface area contributed by atoms with E-state index < -0.39 is 0 Å². The first-order chi connectivity index (χ1) is 9.21. The lowest BCUT2D eigenvalue weighted by atomic mass is 10.4. The molecule has 104 valence electrons. The van der Waals surface area contributed by atoms with Crippen molar-refractivity contribution in [1.82, 2.24) is 15.3 Å². The molecule has 1 aromatic rings. The molecule has 0 aromatic carbocycles. The molecule has 0 unspecified atom stereocenters. The van der Waals surface area contributed by atoms with Crippen molar-refractivity contribution in [3.63, 3.8) is 0 Å². The molecular weight excluding hydrogens is 248 g/mol. The largest absolute Gasteiger partial charge is 0.481 e. The molecule has 0 saturated heterocycles. The Hall–Kier alpha value is -1.89. The number of carbonyl (C=O) groups is 1. The van der Waals surface area contributed by atoms with Crippen LogP contribution in [0, 0.1) is 0 Å². The summed E-state index contributed by atoms with van der Waals surface area (Å²) in [7, 11) is 2.99. The number of rotatable bonds is 7. The smallest absolute Gasteiger partial charge is 0.236 e. The molecule has 19 heavy (non-hydrogen) atoms.